The predicted octanol–water partition coefficient (Wildman–Crippen LogP) is 2.98. The summed E-state index contributed by atoms with van der Waals surface area (Å²) < 4.78 is 11.9. The quantitative estimate of drug-likeness (QED) is 0.590. The van der Waals surface area contributed by atoms with Crippen molar-refractivity contribution < 1.29 is 8.85 Å². The smallest absolute Gasteiger partial charge is 0.202 e. The molecule has 0 aliphatic rings. The maximum absolute atomic E-state index is 5.93. The van der Waals surface area contributed by atoms with Crippen LogP contribution in [0.1, 0.15) is 33.1 Å². The number of hydrogen-bond acceptors (Lipinski definition) is 4. The van der Waals surface area contributed by atoms with E-state index in [1.54, 1.807) is 0 Å². The van der Waals surface area contributed by atoms with Crippen molar-refractivity contribution in [3.63, 3.8) is 0 Å². The number of rotatable bonds is 11. The second-order valence-corrected chi connectivity index (χ2v) is 15.4. The zero-order valence-electron chi connectivity index (χ0n) is 15.5. The van der Waals surface area contributed by atoms with Crippen LogP contribution in [-0.2, 0) is 8.85 Å². The number of nitrogens with two attached hydrogens (primary N) is 1. The van der Waals surface area contributed by atoms with Crippen LogP contribution in [-0.4, -0.2) is 60.2 Å². The van der Waals surface area contributed by atoms with E-state index in [2.05, 4.69) is 44.9 Å². The van der Waals surface area contributed by atoms with Crippen LogP contribution in [0, 0.1) is 0 Å². The average molecular weight is 335 g/mol. The van der Waals surface area contributed by atoms with Crippen LogP contribution < -0.4 is 5.73 Å². The minimum Gasteiger partial charge on any atom is -0.419 e. The van der Waals surface area contributed by atoms with Gasteiger partial charge in [-0.05, 0) is 58.5 Å². The van der Waals surface area contributed by atoms with Crippen LogP contribution in [0.4, 0.5) is 0 Å². The minimum absolute atomic E-state index is 0.515. The van der Waals surface area contributed by atoms with Gasteiger partial charge in [-0.2, -0.15) is 0 Å². The van der Waals surface area contributed by atoms with Gasteiger partial charge in [0.25, 0.3) is 0 Å². The molecule has 0 radical (unpaired) electrons. The molecule has 4 nitrogen and oxygen atoms in total. The molecule has 2 atom stereocenters. The SMILES string of the molecule is CCC(N(CCCN)C(CC)[Si](C)(C)OC)[Si](C)(C)OC. The molecule has 0 aromatic heterocycles. The first kappa shape index (κ1) is 21.3. The maximum atomic E-state index is 5.93. The Morgan fingerprint density at radius 2 is 1.29 bits per heavy atom. The van der Waals surface area contributed by atoms with Gasteiger partial charge in [-0.25, -0.2) is 0 Å². The van der Waals surface area contributed by atoms with Gasteiger partial charge in [0.15, 0.2) is 0 Å². The third-order valence-electron chi connectivity index (χ3n) is 4.85. The summed E-state index contributed by atoms with van der Waals surface area (Å²) in [5, 5.41) is 0. The van der Waals surface area contributed by atoms with Gasteiger partial charge in [-0.3, -0.25) is 4.90 Å². The van der Waals surface area contributed by atoms with E-state index >= 15 is 0 Å². The van der Waals surface area contributed by atoms with E-state index in [1.807, 2.05) is 14.2 Å². The Labute approximate surface area is 134 Å². The molecule has 0 amide bonds. The summed E-state index contributed by atoms with van der Waals surface area (Å²) >= 11 is 0. The molecule has 128 valence electrons. The van der Waals surface area contributed by atoms with Gasteiger partial charge in [-0.15, -0.1) is 0 Å². The molecule has 0 saturated heterocycles. The lowest BCUT2D eigenvalue weighted by Gasteiger charge is -2.47. The van der Waals surface area contributed by atoms with E-state index in [1.165, 1.54) is 0 Å². The van der Waals surface area contributed by atoms with Crippen LogP contribution in [0.3, 0.4) is 0 Å². The van der Waals surface area contributed by atoms with Gasteiger partial charge in [0.2, 0.25) is 16.6 Å². The summed E-state index contributed by atoms with van der Waals surface area (Å²) in [6.07, 6.45) is 3.29. The highest BCUT2D eigenvalue weighted by Crippen LogP contribution is 2.27. The van der Waals surface area contributed by atoms with E-state index < -0.39 is 16.6 Å². The first-order chi connectivity index (χ1) is 9.71. The lowest BCUT2D eigenvalue weighted by molar-refractivity contribution is 0.170. The third kappa shape index (κ3) is 5.76. The van der Waals surface area contributed by atoms with Crippen molar-refractivity contribution in [1.82, 2.24) is 4.90 Å². The minimum atomic E-state index is -1.74. The van der Waals surface area contributed by atoms with Gasteiger partial charge < -0.3 is 14.6 Å². The molecule has 6 heteroatoms. The van der Waals surface area contributed by atoms with Crippen LogP contribution in [0.2, 0.25) is 26.2 Å². The van der Waals surface area contributed by atoms with E-state index in [-0.39, 0.29) is 0 Å². The lowest BCUT2D eigenvalue weighted by atomic mass is 10.3. The molecule has 2 unspecified atom stereocenters. The van der Waals surface area contributed by atoms with Crippen molar-refractivity contribution in [1.29, 1.82) is 0 Å². The molecule has 0 rings (SSSR count). The van der Waals surface area contributed by atoms with Gasteiger partial charge in [0.05, 0.1) is 0 Å². The summed E-state index contributed by atoms with van der Waals surface area (Å²) in [6, 6.07) is 0. The van der Waals surface area contributed by atoms with E-state index in [0.717, 1.165) is 32.4 Å². The van der Waals surface area contributed by atoms with Gasteiger partial charge in [0, 0.05) is 25.5 Å². The highest BCUT2D eigenvalue weighted by molar-refractivity contribution is 6.74. The van der Waals surface area contributed by atoms with Crippen molar-refractivity contribution in [2.75, 3.05) is 27.3 Å². The fourth-order valence-electron chi connectivity index (χ4n) is 3.33. The fraction of sp³-hybridized carbons (Fsp3) is 1.00. The number of nitrogens with zero attached hydrogens (tertiary/aromatic N) is 1. The Morgan fingerprint density at radius 1 is 0.905 bits per heavy atom. The van der Waals surface area contributed by atoms with Crippen molar-refractivity contribution in [3.8, 4) is 0 Å². The normalized spacial score (nSPS) is 16.3. The van der Waals surface area contributed by atoms with Crippen molar-refractivity contribution in [2.24, 2.45) is 5.73 Å². The Bertz CT molecular complexity index is 265. The highest BCUT2D eigenvalue weighted by atomic mass is 28.4. The predicted molar refractivity (Wildman–Crippen MR) is 97.5 cm³/mol. The van der Waals surface area contributed by atoms with Crippen LogP contribution in [0.5, 0.6) is 0 Å². The molecule has 2 N–H and O–H groups in total. The monoisotopic (exact) mass is 334 g/mol. The molecule has 0 aliphatic carbocycles. The summed E-state index contributed by atoms with van der Waals surface area (Å²) in [7, 11) is 0.265. The van der Waals surface area contributed by atoms with E-state index in [4.69, 9.17) is 14.6 Å². The van der Waals surface area contributed by atoms with E-state index in [9.17, 15) is 0 Å². The largest absolute Gasteiger partial charge is 0.419 e. The summed E-state index contributed by atoms with van der Waals surface area (Å²) in [4.78, 5) is 2.68. The summed E-state index contributed by atoms with van der Waals surface area (Å²) in [5.74, 6) is 0. The van der Waals surface area contributed by atoms with E-state index in [0.29, 0.717) is 11.3 Å². The molecular weight excluding hydrogens is 296 g/mol. The van der Waals surface area contributed by atoms with Gasteiger partial charge in [0.1, 0.15) is 0 Å². The van der Waals surface area contributed by atoms with Crippen molar-refractivity contribution >= 4 is 16.6 Å². The third-order valence-corrected chi connectivity index (χ3v) is 11.6. The van der Waals surface area contributed by atoms with Gasteiger partial charge >= 0.3 is 0 Å². The van der Waals surface area contributed by atoms with Crippen molar-refractivity contribution in [2.45, 2.75) is 70.6 Å². The fourth-order valence-corrected chi connectivity index (χ4v) is 8.20. The van der Waals surface area contributed by atoms with Crippen LogP contribution in [0.15, 0.2) is 0 Å². The summed E-state index contributed by atoms with van der Waals surface area (Å²) in [6.45, 7) is 15.6. The standard InChI is InChI=1S/C15H38N2O2Si2/c1-9-14(20(5,6)18-3)17(13-11-12-16)15(10-2)21(7,8)19-4/h14-15H,9-13,16H2,1-8H3. The molecule has 0 heterocycles. The molecule has 0 aliphatic heterocycles. The van der Waals surface area contributed by atoms with Crippen molar-refractivity contribution in [3.05, 3.63) is 0 Å². The molecule has 21 heavy (non-hydrogen) atoms. The zero-order chi connectivity index (χ0) is 16.7. The molecule has 0 aromatic rings. The Balaban J connectivity index is 5.50. The zero-order valence-corrected chi connectivity index (χ0v) is 17.5. The second-order valence-electron chi connectivity index (χ2n) is 6.84. The number of hydrogen-bond donors (Lipinski definition) is 1. The highest BCUT2D eigenvalue weighted by Gasteiger charge is 2.43. The Kier molecular flexibility index (Phi) is 9.54. The first-order valence-electron chi connectivity index (χ1n) is 8.27. The molecular formula is C15H38N2O2Si2. The Hall–Kier alpha value is 0.274. The van der Waals surface area contributed by atoms with Crippen LogP contribution >= 0.6 is 0 Å². The molecule has 0 saturated carbocycles. The Morgan fingerprint density at radius 3 is 1.52 bits per heavy atom. The van der Waals surface area contributed by atoms with Crippen LogP contribution in [0.25, 0.3) is 0 Å². The lowest BCUT2D eigenvalue weighted by Crippen LogP contribution is -2.64. The average Bonchev–Trinajstić information content (AvgIpc) is 2.45. The summed E-state index contributed by atoms with van der Waals surface area (Å²) in [5.41, 5.74) is 6.81. The molecule has 0 aromatic carbocycles. The molecule has 0 fully saturated rings. The topological polar surface area (TPSA) is 47.7 Å². The molecule has 0 bridgehead atoms. The van der Waals surface area contributed by atoms with Gasteiger partial charge in [-0.1, -0.05) is 13.8 Å². The first-order valence-corrected chi connectivity index (χ1v) is 14.2. The molecule has 0 spiro atoms. The second kappa shape index (κ2) is 9.42. The maximum Gasteiger partial charge on any atom is 0.202 e.